The van der Waals surface area contributed by atoms with E-state index in [0.717, 1.165) is 0 Å². The molecule has 0 heterocycles. The van der Waals surface area contributed by atoms with Crippen LogP contribution in [0.1, 0.15) is 26.3 Å². The molecule has 0 spiro atoms. The summed E-state index contributed by atoms with van der Waals surface area (Å²) in [6.45, 7) is 5.27. The van der Waals surface area contributed by atoms with E-state index in [1.165, 1.54) is 0 Å². The molecule has 1 aromatic rings. The van der Waals surface area contributed by atoms with Gasteiger partial charge in [0.15, 0.2) is 6.73 Å². The van der Waals surface area contributed by atoms with Crippen LogP contribution >= 0.6 is 0 Å². The summed E-state index contributed by atoms with van der Waals surface area (Å²) in [6.07, 6.45) is -0.479. The highest BCUT2D eigenvalue weighted by Gasteiger charge is 2.15. The van der Waals surface area contributed by atoms with Crippen LogP contribution in [0.4, 0.5) is 4.79 Å². The fourth-order valence-corrected chi connectivity index (χ4v) is 1.47. The van der Waals surface area contributed by atoms with Crippen molar-refractivity contribution in [1.82, 2.24) is 5.32 Å². The van der Waals surface area contributed by atoms with Crippen molar-refractivity contribution in [2.24, 2.45) is 5.73 Å². The smallest absolute Gasteiger partial charge is 0.410 e. The maximum atomic E-state index is 11.4. The number of hydrogen-bond acceptors (Lipinski definition) is 4. The highest BCUT2D eigenvalue weighted by molar-refractivity contribution is 5.77. The summed E-state index contributed by atoms with van der Waals surface area (Å²) in [5.41, 5.74) is 5.27. The second kappa shape index (κ2) is 6.79. The van der Waals surface area contributed by atoms with Crippen molar-refractivity contribution in [2.45, 2.75) is 32.8 Å². The zero-order valence-corrected chi connectivity index (χ0v) is 11.9. The Kier molecular flexibility index (Phi) is 5.37. The van der Waals surface area contributed by atoms with E-state index >= 15 is 0 Å². The summed E-state index contributed by atoms with van der Waals surface area (Å²) in [7, 11) is 0. The van der Waals surface area contributed by atoms with E-state index in [2.05, 4.69) is 5.32 Å². The molecule has 110 valence electrons. The maximum absolute atomic E-state index is 11.4. The van der Waals surface area contributed by atoms with E-state index in [4.69, 9.17) is 15.2 Å². The molecule has 0 aliphatic heterocycles. The normalized spacial score (nSPS) is 10.8. The minimum Gasteiger partial charge on any atom is -0.473 e. The van der Waals surface area contributed by atoms with Gasteiger partial charge in [0.25, 0.3) is 0 Å². The summed E-state index contributed by atoms with van der Waals surface area (Å²) in [4.78, 5) is 22.4. The number of para-hydroxylation sites is 1. The second-order valence-electron chi connectivity index (χ2n) is 5.22. The number of alkyl carbamates (subject to hydrolysis) is 1. The first-order valence-electron chi connectivity index (χ1n) is 6.24. The molecule has 20 heavy (non-hydrogen) atoms. The number of carbonyl (C=O) groups excluding carboxylic acids is 2. The van der Waals surface area contributed by atoms with Gasteiger partial charge in [0, 0.05) is 5.56 Å². The van der Waals surface area contributed by atoms with Gasteiger partial charge in [-0.2, -0.15) is 0 Å². The summed E-state index contributed by atoms with van der Waals surface area (Å²) < 4.78 is 10.5. The number of hydrogen-bond donors (Lipinski definition) is 2. The summed E-state index contributed by atoms with van der Waals surface area (Å²) in [6, 6.07) is 7.00. The van der Waals surface area contributed by atoms with Gasteiger partial charge in [-0.05, 0) is 26.8 Å². The predicted octanol–water partition coefficient (Wildman–Crippen LogP) is 1.58. The average molecular weight is 280 g/mol. The van der Waals surface area contributed by atoms with Crippen LogP contribution in [0.25, 0.3) is 0 Å². The van der Waals surface area contributed by atoms with Crippen LogP contribution in [0, 0.1) is 0 Å². The highest BCUT2D eigenvalue weighted by atomic mass is 16.6. The molecule has 0 bridgehead atoms. The monoisotopic (exact) mass is 280 g/mol. The number of carbonyl (C=O) groups is 2. The standard InChI is InChI=1S/C14H20N2O4/c1-14(2,3)20-13(18)16-9-19-11-7-5-4-6-10(11)8-12(15)17/h4-7H,8-9H2,1-3H3,(H2,15,17)(H,16,18). The molecule has 6 heteroatoms. The number of amides is 2. The van der Waals surface area contributed by atoms with Crippen LogP contribution in [0.15, 0.2) is 24.3 Å². The van der Waals surface area contributed by atoms with Crippen LogP contribution in [0.2, 0.25) is 0 Å². The topological polar surface area (TPSA) is 90.7 Å². The quantitative estimate of drug-likeness (QED) is 0.801. The lowest BCUT2D eigenvalue weighted by molar-refractivity contribution is -0.117. The van der Waals surface area contributed by atoms with Gasteiger partial charge >= 0.3 is 6.09 Å². The third kappa shape index (κ3) is 6.08. The molecule has 3 N–H and O–H groups in total. The lowest BCUT2D eigenvalue weighted by Crippen LogP contribution is -2.34. The van der Waals surface area contributed by atoms with Gasteiger partial charge in [0.05, 0.1) is 6.42 Å². The van der Waals surface area contributed by atoms with Gasteiger partial charge in [-0.15, -0.1) is 0 Å². The van der Waals surface area contributed by atoms with Crippen molar-refractivity contribution in [3.8, 4) is 5.75 Å². The molecule has 1 aromatic carbocycles. The van der Waals surface area contributed by atoms with Crippen molar-refractivity contribution in [3.05, 3.63) is 29.8 Å². The number of benzene rings is 1. The molecule has 0 aromatic heterocycles. The fourth-order valence-electron chi connectivity index (χ4n) is 1.47. The molecule has 1 rings (SSSR count). The molecule has 0 atom stereocenters. The molecule has 0 saturated heterocycles. The molecule has 0 unspecified atom stereocenters. The van der Waals surface area contributed by atoms with E-state index in [0.29, 0.717) is 11.3 Å². The lowest BCUT2D eigenvalue weighted by atomic mass is 10.1. The fraction of sp³-hybridized carbons (Fsp3) is 0.429. The third-order valence-corrected chi connectivity index (χ3v) is 2.18. The van der Waals surface area contributed by atoms with Gasteiger partial charge < -0.3 is 15.2 Å². The Morgan fingerprint density at radius 3 is 2.50 bits per heavy atom. The van der Waals surface area contributed by atoms with Gasteiger partial charge in [-0.1, -0.05) is 18.2 Å². The number of nitrogens with two attached hydrogens (primary N) is 1. The molecule has 0 saturated carbocycles. The summed E-state index contributed by atoms with van der Waals surface area (Å²) >= 11 is 0. The predicted molar refractivity (Wildman–Crippen MR) is 74.2 cm³/mol. The van der Waals surface area contributed by atoms with Crippen LogP contribution < -0.4 is 15.8 Å². The minimum atomic E-state index is -0.565. The van der Waals surface area contributed by atoms with Crippen molar-refractivity contribution in [1.29, 1.82) is 0 Å². The highest BCUT2D eigenvalue weighted by Crippen LogP contribution is 2.18. The Morgan fingerprint density at radius 2 is 1.90 bits per heavy atom. The lowest BCUT2D eigenvalue weighted by Gasteiger charge is -2.20. The number of nitrogens with one attached hydrogen (secondary N) is 1. The van der Waals surface area contributed by atoms with E-state index in [9.17, 15) is 9.59 Å². The summed E-state index contributed by atoms with van der Waals surface area (Å²) in [5.74, 6) is 0.0588. The molecule has 0 aliphatic rings. The van der Waals surface area contributed by atoms with Crippen LogP contribution in [-0.2, 0) is 16.0 Å². The van der Waals surface area contributed by atoms with Gasteiger partial charge in [0.2, 0.25) is 5.91 Å². The van der Waals surface area contributed by atoms with Crippen LogP contribution in [-0.4, -0.2) is 24.3 Å². The number of rotatable bonds is 5. The molecule has 0 aliphatic carbocycles. The Bertz CT molecular complexity index is 480. The Morgan fingerprint density at radius 1 is 1.25 bits per heavy atom. The Hall–Kier alpha value is -2.24. The second-order valence-corrected chi connectivity index (χ2v) is 5.22. The van der Waals surface area contributed by atoms with Gasteiger partial charge in [-0.3, -0.25) is 10.1 Å². The van der Waals surface area contributed by atoms with Crippen molar-refractivity contribution in [3.63, 3.8) is 0 Å². The minimum absolute atomic E-state index is 0.0509. The van der Waals surface area contributed by atoms with Gasteiger partial charge in [-0.25, -0.2) is 4.79 Å². The molecule has 2 amide bonds. The van der Waals surface area contributed by atoms with E-state index in [-0.39, 0.29) is 13.2 Å². The molecule has 6 nitrogen and oxygen atoms in total. The Labute approximate surface area is 118 Å². The van der Waals surface area contributed by atoms with Crippen molar-refractivity contribution in [2.75, 3.05) is 6.73 Å². The van der Waals surface area contributed by atoms with Gasteiger partial charge in [0.1, 0.15) is 11.4 Å². The number of primary amides is 1. The van der Waals surface area contributed by atoms with Crippen LogP contribution in [0.3, 0.4) is 0 Å². The zero-order chi connectivity index (χ0) is 15.2. The van der Waals surface area contributed by atoms with E-state index < -0.39 is 17.6 Å². The first kappa shape index (κ1) is 15.8. The van der Waals surface area contributed by atoms with Crippen LogP contribution in [0.5, 0.6) is 5.75 Å². The first-order chi connectivity index (χ1) is 9.28. The molecular formula is C14H20N2O4. The average Bonchev–Trinajstić information content (AvgIpc) is 2.28. The number of ether oxygens (including phenoxy) is 2. The van der Waals surface area contributed by atoms with E-state index in [1.807, 2.05) is 0 Å². The van der Waals surface area contributed by atoms with Crippen molar-refractivity contribution < 1.29 is 19.1 Å². The van der Waals surface area contributed by atoms with Crippen molar-refractivity contribution >= 4 is 12.0 Å². The first-order valence-corrected chi connectivity index (χ1v) is 6.24. The van der Waals surface area contributed by atoms with E-state index in [1.54, 1.807) is 45.0 Å². The zero-order valence-electron chi connectivity index (χ0n) is 11.9. The third-order valence-electron chi connectivity index (χ3n) is 2.18. The molecule has 0 fully saturated rings. The molecule has 0 radical (unpaired) electrons. The Balaban J connectivity index is 2.50. The molecular weight excluding hydrogens is 260 g/mol. The summed E-state index contributed by atoms with van der Waals surface area (Å²) in [5, 5.41) is 2.47. The largest absolute Gasteiger partial charge is 0.473 e. The SMILES string of the molecule is CC(C)(C)OC(=O)NCOc1ccccc1CC(N)=O. The maximum Gasteiger partial charge on any atom is 0.410 e.